The van der Waals surface area contributed by atoms with Gasteiger partial charge in [-0.15, -0.1) is 0 Å². The Morgan fingerprint density at radius 1 is 1.10 bits per heavy atom. The van der Waals surface area contributed by atoms with Crippen molar-refractivity contribution in [2.45, 2.75) is 0 Å². The molecule has 0 heterocycles. The number of halogens is 5. The van der Waals surface area contributed by atoms with E-state index in [4.69, 9.17) is 11.6 Å². The molecule has 0 saturated carbocycles. The molecule has 2 aromatic rings. The van der Waals surface area contributed by atoms with Crippen LogP contribution < -0.4 is 5.32 Å². The van der Waals surface area contributed by atoms with Crippen molar-refractivity contribution < 1.29 is 18.0 Å². The average Bonchev–Trinajstić information content (AvgIpc) is 2.33. The lowest BCUT2D eigenvalue weighted by Crippen LogP contribution is -2.15. The first-order chi connectivity index (χ1) is 9.38. The van der Waals surface area contributed by atoms with Gasteiger partial charge in [-0.2, -0.15) is 0 Å². The molecule has 2 aromatic carbocycles. The first-order valence-corrected chi connectivity index (χ1v) is 6.46. The third-order valence-corrected chi connectivity index (χ3v) is 3.31. The van der Waals surface area contributed by atoms with E-state index >= 15 is 0 Å². The summed E-state index contributed by atoms with van der Waals surface area (Å²) in [7, 11) is 0. The van der Waals surface area contributed by atoms with Crippen molar-refractivity contribution in [2.24, 2.45) is 0 Å². The van der Waals surface area contributed by atoms with Gasteiger partial charge in [0.05, 0.1) is 5.56 Å². The number of hydrogen-bond donors (Lipinski definition) is 1. The van der Waals surface area contributed by atoms with Crippen LogP contribution in [-0.4, -0.2) is 5.91 Å². The van der Waals surface area contributed by atoms with Crippen molar-refractivity contribution in [3.05, 3.63) is 62.8 Å². The second-order valence-corrected chi connectivity index (χ2v) is 5.11. The van der Waals surface area contributed by atoms with Gasteiger partial charge >= 0.3 is 0 Å². The quantitative estimate of drug-likeness (QED) is 0.817. The highest BCUT2D eigenvalue weighted by molar-refractivity contribution is 9.10. The zero-order valence-electron chi connectivity index (χ0n) is 9.68. The van der Waals surface area contributed by atoms with E-state index < -0.39 is 29.0 Å². The number of carbonyl (C=O) groups excluding carboxylic acids is 1. The van der Waals surface area contributed by atoms with Gasteiger partial charge in [0.1, 0.15) is 11.5 Å². The van der Waals surface area contributed by atoms with Gasteiger partial charge < -0.3 is 5.32 Å². The minimum Gasteiger partial charge on any atom is -0.317 e. The fourth-order valence-electron chi connectivity index (χ4n) is 1.52. The number of amides is 1. The third kappa shape index (κ3) is 3.13. The van der Waals surface area contributed by atoms with E-state index in [1.807, 2.05) is 0 Å². The topological polar surface area (TPSA) is 29.1 Å². The molecule has 7 heteroatoms. The van der Waals surface area contributed by atoms with Crippen LogP contribution in [0.4, 0.5) is 18.9 Å². The SMILES string of the molecule is O=C(Nc1c(F)cc(F)cc1F)c1ccc(Cl)cc1Br. The van der Waals surface area contributed by atoms with Crippen LogP contribution in [0.25, 0.3) is 0 Å². The maximum absolute atomic E-state index is 13.4. The number of hydrogen-bond acceptors (Lipinski definition) is 1. The zero-order chi connectivity index (χ0) is 14.9. The van der Waals surface area contributed by atoms with Gasteiger partial charge in [-0.05, 0) is 34.1 Å². The first-order valence-electron chi connectivity index (χ1n) is 5.29. The van der Waals surface area contributed by atoms with Gasteiger partial charge in [0.15, 0.2) is 11.6 Å². The zero-order valence-corrected chi connectivity index (χ0v) is 12.0. The molecule has 0 bridgehead atoms. The predicted octanol–water partition coefficient (Wildman–Crippen LogP) is 4.77. The number of nitrogens with one attached hydrogen (secondary N) is 1. The van der Waals surface area contributed by atoms with Crippen molar-refractivity contribution in [1.29, 1.82) is 0 Å². The summed E-state index contributed by atoms with van der Waals surface area (Å²) in [5.41, 5.74) is -0.573. The van der Waals surface area contributed by atoms with Crippen molar-refractivity contribution in [3.63, 3.8) is 0 Å². The Bertz CT molecular complexity index is 670. The molecule has 0 aromatic heterocycles. The Morgan fingerprint density at radius 3 is 2.25 bits per heavy atom. The van der Waals surface area contributed by atoms with Crippen LogP contribution in [-0.2, 0) is 0 Å². The highest BCUT2D eigenvalue weighted by atomic mass is 79.9. The van der Waals surface area contributed by atoms with Gasteiger partial charge in [0.25, 0.3) is 5.91 Å². The van der Waals surface area contributed by atoms with Gasteiger partial charge in [-0.3, -0.25) is 4.79 Å². The van der Waals surface area contributed by atoms with E-state index in [0.717, 1.165) is 0 Å². The summed E-state index contributed by atoms with van der Waals surface area (Å²) in [6, 6.07) is 5.28. The predicted molar refractivity (Wildman–Crippen MR) is 73.4 cm³/mol. The molecular formula is C13H6BrClF3NO. The van der Waals surface area contributed by atoms with E-state index in [9.17, 15) is 18.0 Å². The Balaban J connectivity index is 2.33. The van der Waals surface area contributed by atoms with Gasteiger partial charge in [-0.1, -0.05) is 11.6 Å². The van der Waals surface area contributed by atoms with Crippen LogP contribution in [0.15, 0.2) is 34.8 Å². The van der Waals surface area contributed by atoms with E-state index in [1.54, 1.807) is 0 Å². The molecule has 0 spiro atoms. The summed E-state index contributed by atoms with van der Waals surface area (Å²) in [5, 5.41) is 2.45. The molecule has 1 N–H and O–H groups in total. The second-order valence-electron chi connectivity index (χ2n) is 3.82. The highest BCUT2D eigenvalue weighted by Crippen LogP contribution is 2.25. The van der Waals surface area contributed by atoms with E-state index in [2.05, 4.69) is 21.2 Å². The Morgan fingerprint density at radius 2 is 1.70 bits per heavy atom. The summed E-state index contributed by atoms with van der Waals surface area (Å²) in [4.78, 5) is 11.9. The van der Waals surface area contributed by atoms with Crippen LogP contribution in [0.1, 0.15) is 10.4 Å². The van der Waals surface area contributed by atoms with Crippen molar-refractivity contribution >= 4 is 39.1 Å². The molecule has 0 saturated heterocycles. The minimum absolute atomic E-state index is 0.137. The molecule has 0 aliphatic carbocycles. The minimum atomic E-state index is -1.19. The first kappa shape index (κ1) is 14.9. The van der Waals surface area contributed by atoms with Gasteiger partial charge in [0, 0.05) is 21.6 Å². The fraction of sp³-hybridized carbons (Fsp3) is 0. The monoisotopic (exact) mass is 363 g/mol. The smallest absolute Gasteiger partial charge is 0.256 e. The average molecular weight is 365 g/mol. The fourth-order valence-corrected chi connectivity index (χ4v) is 2.38. The number of anilines is 1. The highest BCUT2D eigenvalue weighted by Gasteiger charge is 2.17. The molecule has 0 aliphatic rings. The molecule has 2 nitrogen and oxygen atoms in total. The van der Waals surface area contributed by atoms with E-state index in [1.165, 1.54) is 18.2 Å². The maximum atomic E-state index is 13.4. The molecule has 0 fully saturated rings. The van der Waals surface area contributed by atoms with Crippen LogP contribution in [0.2, 0.25) is 5.02 Å². The summed E-state index contributed by atoms with van der Waals surface area (Å²) < 4.78 is 40.0. The molecule has 1 amide bonds. The third-order valence-electron chi connectivity index (χ3n) is 2.42. The standard InChI is InChI=1S/C13H6BrClF3NO/c14-9-3-6(15)1-2-8(9)13(20)19-12-10(17)4-7(16)5-11(12)18/h1-5H,(H,19,20). The number of rotatable bonds is 2. The Hall–Kier alpha value is -1.53. The molecule has 0 atom stereocenters. The largest absolute Gasteiger partial charge is 0.317 e. The molecule has 0 aliphatic heterocycles. The van der Waals surface area contributed by atoms with Crippen LogP contribution >= 0.6 is 27.5 Å². The lowest BCUT2D eigenvalue weighted by atomic mass is 10.2. The van der Waals surface area contributed by atoms with Gasteiger partial charge in [-0.25, -0.2) is 13.2 Å². The summed E-state index contributed by atoms with van der Waals surface area (Å²) in [5.74, 6) is -4.20. The van der Waals surface area contributed by atoms with Gasteiger partial charge in [0.2, 0.25) is 0 Å². The lowest BCUT2D eigenvalue weighted by Gasteiger charge is -2.09. The Kier molecular flexibility index (Phi) is 4.35. The Labute approximate surface area is 125 Å². The summed E-state index contributed by atoms with van der Waals surface area (Å²) in [6.07, 6.45) is 0. The van der Waals surface area contributed by atoms with Crippen molar-refractivity contribution in [3.8, 4) is 0 Å². The molecule has 104 valence electrons. The summed E-state index contributed by atoms with van der Waals surface area (Å²) >= 11 is 8.84. The second kappa shape index (κ2) is 5.85. The van der Waals surface area contributed by atoms with Crippen LogP contribution in [0.3, 0.4) is 0 Å². The normalized spacial score (nSPS) is 10.4. The van der Waals surface area contributed by atoms with Crippen molar-refractivity contribution in [2.75, 3.05) is 5.32 Å². The summed E-state index contributed by atoms with van der Waals surface area (Å²) in [6.45, 7) is 0. The molecular weight excluding hydrogens is 358 g/mol. The maximum Gasteiger partial charge on any atom is 0.256 e. The lowest BCUT2D eigenvalue weighted by molar-refractivity contribution is 0.102. The molecule has 0 unspecified atom stereocenters. The van der Waals surface area contributed by atoms with Crippen LogP contribution in [0.5, 0.6) is 0 Å². The number of carbonyl (C=O) groups is 1. The number of benzene rings is 2. The van der Waals surface area contributed by atoms with Crippen molar-refractivity contribution in [1.82, 2.24) is 0 Å². The molecule has 0 radical (unpaired) electrons. The van der Waals surface area contributed by atoms with E-state index in [0.29, 0.717) is 21.6 Å². The van der Waals surface area contributed by atoms with Crippen LogP contribution in [0, 0.1) is 17.5 Å². The molecule has 20 heavy (non-hydrogen) atoms. The molecule has 2 rings (SSSR count). The van der Waals surface area contributed by atoms with E-state index in [-0.39, 0.29) is 5.56 Å².